The number of carbonyl (C=O) groups is 3. The molecule has 1 aliphatic heterocycles. The maximum Gasteiger partial charge on any atom is 0.269 e. The average Bonchev–Trinajstić information content (AvgIpc) is 3.65. The number of Topliss-reactive ketones (excluding diaryl/α,β-unsaturated/α-hetero) is 1. The van der Waals surface area contributed by atoms with Crippen LogP contribution < -0.4 is 5.73 Å². The van der Waals surface area contributed by atoms with Gasteiger partial charge in [-0.25, -0.2) is 4.39 Å². The van der Waals surface area contributed by atoms with Gasteiger partial charge in [0.25, 0.3) is 5.91 Å². The van der Waals surface area contributed by atoms with Crippen LogP contribution in [0.3, 0.4) is 0 Å². The molecule has 2 aromatic carbocycles. The largest absolute Gasteiger partial charge is 0.364 e. The normalized spacial score (nSPS) is 28.7. The molecule has 35 heavy (non-hydrogen) atoms. The van der Waals surface area contributed by atoms with Crippen molar-refractivity contribution in [3.8, 4) is 0 Å². The predicted octanol–water partition coefficient (Wildman–Crippen LogP) is 3.62. The Morgan fingerprint density at radius 3 is 2.66 bits per heavy atom. The molecule has 3 fully saturated rings. The third-order valence-corrected chi connectivity index (χ3v) is 7.96. The van der Waals surface area contributed by atoms with E-state index in [2.05, 4.69) is 5.10 Å². The second-order valence-electron chi connectivity index (χ2n) is 9.95. The average molecular weight is 495 g/mol. The molecule has 0 bridgehead atoms. The van der Waals surface area contributed by atoms with E-state index >= 15 is 4.39 Å². The van der Waals surface area contributed by atoms with Crippen LogP contribution in [0, 0.1) is 11.8 Å². The standard InChI is InChI=1S/C26H24ClFN4O3/c27-17-6-7-19-18(11-17)24(25(29)35)30-31(19)13-23(34)32-20-8-14(20)9-21(32)22(33)10-16-12-26(16,28)15-4-2-1-3-5-15/h1-7,11,14,16,20-21H,8-10,12-13H2,(H2,29,35)/t14-,16-,20-,21+,26-/m1/s1. The minimum atomic E-state index is -1.46. The Bertz CT molecular complexity index is 1380. The predicted molar refractivity (Wildman–Crippen MR) is 127 cm³/mol. The first kappa shape index (κ1) is 22.2. The van der Waals surface area contributed by atoms with E-state index in [1.54, 1.807) is 47.4 Å². The van der Waals surface area contributed by atoms with Crippen molar-refractivity contribution >= 4 is 40.1 Å². The van der Waals surface area contributed by atoms with Crippen molar-refractivity contribution in [2.24, 2.45) is 17.6 Å². The van der Waals surface area contributed by atoms with Gasteiger partial charge in [0.2, 0.25) is 5.91 Å². The molecule has 1 aromatic heterocycles. The molecular formula is C26H24ClFN4O3. The molecule has 0 unspecified atom stereocenters. The van der Waals surface area contributed by atoms with Crippen LogP contribution in [0.4, 0.5) is 4.39 Å². The fourth-order valence-electron chi connectivity index (χ4n) is 5.75. The summed E-state index contributed by atoms with van der Waals surface area (Å²) in [4.78, 5) is 40.2. The number of fused-ring (bicyclic) bond motifs is 2. The highest BCUT2D eigenvalue weighted by Gasteiger charge is 2.60. The second kappa shape index (κ2) is 7.88. The van der Waals surface area contributed by atoms with Crippen LogP contribution in [-0.4, -0.2) is 44.4 Å². The first-order valence-electron chi connectivity index (χ1n) is 11.8. The zero-order valence-corrected chi connectivity index (χ0v) is 19.6. The lowest BCUT2D eigenvalue weighted by atomic mass is 9.99. The summed E-state index contributed by atoms with van der Waals surface area (Å²) in [5.74, 6) is -1.08. The van der Waals surface area contributed by atoms with E-state index in [1.807, 2.05) is 6.07 Å². The summed E-state index contributed by atoms with van der Waals surface area (Å²) in [5.41, 5.74) is 5.23. The molecule has 7 nitrogen and oxygen atoms in total. The van der Waals surface area contributed by atoms with E-state index in [0.29, 0.717) is 40.2 Å². The van der Waals surface area contributed by atoms with Gasteiger partial charge < -0.3 is 10.6 Å². The molecule has 2 heterocycles. The van der Waals surface area contributed by atoms with Crippen molar-refractivity contribution in [2.45, 2.75) is 50.0 Å². The lowest BCUT2D eigenvalue weighted by Gasteiger charge is -2.27. The number of alkyl halides is 1. The van der Waals surface area contributed by atoms with Gasteiger partial charge in [0.15, 0.2) is 11.5 Å². The Balaban J connectivity index is 1.20. The number of nitrogens with zero attached hydrogens (tertiary/aromatic N) is 3. The fourth-order valence-corrected chi connectivity index (χ4v) is 5.92. The quantitative estimate of drug-likeness (QED) is 0.542. The summed E-state index contributed by atoms with van der Waals surface area (Å²) in [6.07, 6.45) is 1.94. The van der Waals surface area contributed by atoms with Crippen molar-refractivity contribution < 1.29 is 18.8 Å². The van der Waals surface area contributed by atoms with Crippen LogP contribution in [-0.2, 0) is 21.8 Å². The molecule has 2 saturated carbocycles. The molecule has 2 N–H and O–H groups in total. The molecule has 0 radical (unpaired) electrons. The third-order valence-electron chi connectivity index (χ3n) is 7.73. The topological polar surface area (TPSA) is 98.3 Å². The van der Waals surface area contributed by atoms with Gasteiger partial charge >= 0.3 is 0 Å². The lowest BCUT2D eigenvalue weighted by molar-refractivity contribution is -0.139. The van der Waals surface area contributed by atoms with Gasteiger partial charge in [0.05, 0.1) is 11.6 Å². The summed E-state index contributed by atoms with van der Waals surface area (Å²) < 4.78 is 16.8. The van der Waals surface area contributed by atoms with Crippen LogP contribution >= 0.6 is 11.6 Å². The highest BCUT2D eigenvalue weighted by atomic mass is 35.5. The maximum atomic E-state index is 15.3. The van der Waals surface area contributed by atoms with Crippen LogP contribution in [0.5, 0.6) is 0 Å². The molecular weight excluding hydrogens is 471 g/mol. The second-order valence-corrected chi connectivity index (χ2v) is 10.4. The van der Waals surface area contributed by atoms with E-state index < -0.39 is 17.6 Å². The summed E-state index contributed by atoms with van der Waals surface area (Å²) in [7, 11) is 0. The number of aromatic nitrogens is 2. The highest BCUT2D eigenvalue weighted by Crippen LogP contribution is 2.58. The van der Waals surface area contributed by atoms with Gasteiger partial charge in [-0.15, -0.1) is 0 Å². The summed E-state index contributed by atoms with van der Waals surface area (Å²) in [5, 5.41) is 5.17. The molecule has 6 rings (SSSR count). The van der Waals surface area contributed by atoms with Gasteiger partial charge in [0, 0.05) is 28.8 Å². The molecule has 0 spiro atoms. The van der Waals surface area contributed by atoms with Crippen molar-refractivity contribution in [1.29, 1.82) is 0 Å². The Hall–Kier alpha value is -3.26. The van der Waals surface area contributed by atoms with Gasteiger partial charge in [0.1, 0.15) is 12.2 Å². The summed E-state index contributed by atoms with van der Waals surface area (Å²) in [6.45, 7) is -0.126. The number of primary amides is 1. The highest BCUT2D eigenvalue weighted by molar-refractivity contribution is 6.31. The van der Waals surface area contributed by atoms with E-state index in [1.165, 1.54) is 4.68 Å². The Kier molecular flexibility index (Phi) is 5.00. The molecule has 3 aliphatic rings. The third kappa shape index (κ3) is 3.71. The smallest absolute Gasteiger partial charge is 0.269 e. The van der Waals surface area contributed by atoms with Crippen molar-refractivity contribution in [3.05, 3.63) is 64.8 Å². The number of rotatable bonds is 7. The number of ketones is 1. The van der Waals surface area contributed by atoms with Crippen molar-refractivity contribution in [3.63, 3.8) is 0 Å². The number of piperidine rings is 1. The van der Waals surface area contributed by atoms with Crippen molar-refractivity contribution in [2.75, 3.05) is 0 Å². The Morgan fingerprint density at radius 1 is 1.14 bits per heavy atom. The zero-order chi connectivity index (χ0) is 24.5. The molecule has 5 atom stereocenters. The van der Waals surface area contributed by atoms with E-state index in [9.17, 15) is 14.4 Å². The van der Waals surface area contributed by atoms with Crippen LogP contribution in [0.2, 0.25) is 5.02 Å². The molecule has 9 heteroatoms. The Morgan fingerprint density at radius 2 is 1.91 bits per heavy atom. The number of halogens is 2. The molecule has 180 valence electrons. The summed E-state index contributed by atoms with van der Waals surface area (Å²) >= 11 is 6.07. The van der Waals surface area contributed by atoms with E-state index in [4.69, 9.17) is 17.3 Å². The van der Waals surface area contributed by atoms with Gasteiger partial charge in [-0.3, -0.25) is 19.1 Å². The monoisotopic (exact) mass is 494 g/mol. The number of hydrogen-bond acceptors (Lipinski definition) is 4. The number of carbonyl (C=O) groups excluding carboxylic acids is 3. The number of amides is 2. The van der Waals surface area contributed by atoms with E-state index in [-0.39, 0.29) is 42.3 Å². The van der Waals surface area contributed by atoms with Gasteiger partial charge in [-0.2, -0.15) is 5.10 Å². The molecule has 2 aliphatic carbocycles. The summed E-state index contributed by atoms with van der Waals surface area (Å²) in [6, 6.07) is 13.4. The van der Waals surface area contributed by atoms with Crippen LogP contribution in [0.25, 0.3) is 10.9 Å². The molecule has 3 aromatic rings. The fraction of sp³-hybridized carbons (Fsp3) is 0.385. The van der Waals surface area contributed by atoms with Gasteiger partial charge in [-0.05, 0) is 48.9 Å². The number of nitrogens with two attached hydrogens (primary N) is 1. The maximum absolute atomic E-state index is 15.3. The minimum Gasteiger partial charge on any atom is -0.364 e. The number of benzene rings is 2. The molecule has 1 saturated heterocycles. The van der Waals surface area contributed by atoms with E-state index in [0.717, 1.165) is 6.42 Å². The molecule has 2 amide bonds. The zero-order valence-electron chi connectivity index (χ0n) is 18.9. The first-order valence-corrected chi connectivity index (χ1v) is 12.2. The SMILES string of the molecule is NC(=O)c1nn(CC(=O)N2[C@@H]3C[C@@H]3C[C@H]2C(=O)C[C@@H]2C[C@@]2(F)c2ccccc2)c2ccc(Cl)cc12. The van der Waals surface area contributed by atoms with Crippen molar-refractivity contribution in [1.82, 2.24) is 14.7 Å². The Labute approximate surface area is 206 Å². The van der Waals surface area contributed by atoms with Crippen LogP contribution in [0.1, 0.15) is 41.7 Å². The lowest BCUT2D eigenvalue weighted by Crippen LogP contribution is -2.45. The number of hydrogen-bond donors (Lipinski definition) is 1. The van der Waals surface area contributed by atoms with Gasteiger partial charge in [-0.1, -0.05) is 41.9 Å². The first-order chi connectivity index (χ1) is 16.8. The van der Waals surface area contributed by atoms with Crippen LogP contribution in [0.15, 0.2) is 48.5 Å². The minimum absolute atomic E-state index is 0.0341. The number of likely N-dealkylation sites (tertiary alicyclic amines) is 1.